The molecule has 0 spiro atoms. The minimum Gasteiger partial charge on any atom is -0.472 e. The van der Waals surface area contributed by atoms with Crippen LogP contribution in [0.4, 0.5) is 5.82 Å². The van der Waals surface area contributed by atoms with E-state index in [1.807, 2.05) is 6.92 Å². The molecule has 1 N–H and O–H groups in total. The number of benzene rings is 1. The third kappa shape index (κ3) is 4.12. The van der Waals surface area contributed by atoms with Crippen molar-refractivity contribution in [2.75, 3.05) is 18.0 Å². The van der Waals surface area contributed by atoms with E-state index in [-0.39, 0.29) is 5.54 Å². The van der Waals surface area contributed by atoms with Gasteiger partial charge in [-0.25, -0.2) is 0 Å². The SMILES string of the molecule is Cc1cc(-c2ccc3c(c2)COc2nc(N4CC[C@@H](NC(C)(C)C)C4)ccc2-3)cnn1. The van der Waals surface area contributed by atoms with Crippen LogP contribution >= 0.6 is 0 Å². The number of hydrogen-bond donors (Lipinski definition) is 1. The monoisotopic (exact) mass is 415 g/mol. The van der Waals surface area contributed by atoms with Crippen LogP contribution in [-0.4, -0.2) is 39.9 Å². The van der Waals surface area contributed by atoms with Gasteiger partial charge in [0.05, 0.1) is 11.9 Å². The Labute approximate surface area is 183 Å². The second-order valence-corrected chi connectivity index (χ2v) is 9.59. The summed E-state index contributed by atoms with van der Waals surface area (Å²) in [6.07, 6.45) is 2.93. The summed E-state index contributed by atoms with van der Waals surface area (Å²) in [5.74, 6) is 1.72. The first-order valence-corrected chi connectivity index (χ1v) is 11.0. The molecule has 4 heterocycles. The first-order valence-electron chi connectivity index (χ1n) is 11.0. The lowest BCUT2D eigenvalue weighted by atomic mass is 9.95. The molecule has 0 aliphatic carbocycles. The van der Waals surface area contributed by atoms with Crippen molar-refractivity contribution in [3.63, 3.8) is 0 Å². The third-order valence-electron chi connectivity index (χ3n) is 5.86. The van der Waals surface area contributed by atoms with E-state index in [4.69, 9.17) is 9.72 Å². The Balaban J connectivity index is 1.39. The first kappa shape index (κ1) is 19.9. The van der Waals surface area contributed by atoms with E-state index in [0.717, 1.165) is 53.6 Å². The molecule has 1 fully saturated rings. The molecule has 0 radical (unpaired) electrons. The van der Waals surface area contributed by atoms with Crippen LogP contribution < -0.4 is 15.0 Å². The van der Waals surface area contributed by atoms with Crippen LogP contribution in [0.25, 0.3) is 22.3 Å². The van der Waals surface area contributed by atoms with Crippen LogP contribution in [0.15, 0.2) is 42.6 Å². The molecule has 2 aromatic heterocycles. The summed E-state index contributed by atoms with van der Waals surface area (Å²) < 4.78 is 6.09. The number of fused-ring (bicyclic) bond motifs is 3. The molecule has 6 heteroatoms. The van der Waals surface area contributed by atoms with E-state index >= 15 is 0 Å². The van der Waals surface area contributed by atoms with Crippen molar-refractivity contribution in [1.29, 1.82) is 0 Å². The number of hydrogen-bond acceptors (Lipinski definition) is 6. The summed E-state index contributed by atoms with van der Waals surface area (Å²) in [5, 5.41) is 11.8. The maximum absolute atomic E-state index is 6.09. The highest BCUT2D eigenvalue weighted by Crippen LogP contribution is 2.39. The maximum Gasteiger partial charge on any atom is 0.223 e. The van der Waals surface area contributed by atoms with Gasteiger partial charge >= 0.3 is 0 Å². The molecule has 1 aromatic carbocycles. The fraction of sp³-hybridized carbons (Fsp3) is 0.400. The van der Waals surface area contributed by atoms with Gasteiger partial charge in [-0.1, -0.05) is 12.1 Å². The Morgan fingerprint density at radius 2 is 1.90 bits per heavy atom. The van der Waals surface area contributed by atoms with E-state index < -0.39 is 0 Å². The zero-order valence-electron chi connectivity index (χ0n) is 18.6. The predicted octanol–water partition coefficient (Wildman–Crippen LogP) is 4.37. The van der Waals surface area contributed by atoms with Gasteiger partial charge in [0, 0.05) is 35.8 Å². The maximum atomic E-state index is 6.09. The summed E-state index contributed by atoms with van der Waals surface area (Å²) in [7, 11) is 0. The van der Waals surface area contributed by atoms with Crippen molar-refractivity contribution in [2.45, 2.75) is 52.3 Å². The summed E-state index contributed by atoms with van der Waals surface area (Å²) >= 11 is 0. The van der Waals surface area contributed by atoms with Crippen molar-refractivity contribution >= 4 is 5.82 Å². The summed E-state index contributed by atoms with van der Waals surface area (Å²) in [6.45, 7) is 11.1. The second-order valence-electron chi connectivity index (χ2n) is 9.59. The average molecular weight is 416 g/mol. The second kappa shape index (κ2) is 7.61. The number of ether oxygens (including phenoxy) is 1. The van der Waals surface area contributed by atoms with E-state index in [2.05, 4.69) is 77.6 Å². The highest BCUT2D eigenvalue weighted by Gasteiger charge is 2.28. The average Bonchev–Trinajstić information content (AvgIpc) is 3.19. The standard InChI is InChI=1S/C25H29N5O/c1-16-11-18(13-26-29-16)17-5-6-21-19(12-17)15-31-24-22(21)7-8-23(27-24)30-10-9-20(14-30)28-25(2,3)4/h5-8,11-13,20,28H,9-10,14-15H2,1-4H3/t20-/m1/s1. The zero-order chi connectivity index (χ0) is 21.6. The zero-order valence-corrected chi connectivity index (χ0v) is 18.6. The number of rotatable bonds is 3. The molecule has 1 saturated heterocycles. The molecule has 0 bridgehead atoms. The van der Waals surface area contributed by atoms with Gasteiger partial charge in [0.2, 0.25) is 5.88 Å². The highest BCUT2D eigenvalue weighted by atomic mass is 16.5. The van der Waals surface area contributed by atoms with Crippen molar-refractivity contribution in [2.24, 2.45) is 0 Å². The molecule has 0 unspecified atom stereocenters. The van der Waals surface area contributed by atoms with Crippen LogP contribution in [0, 0.1) is 6.92 Å². The van der Waals surface area contributed by atoms with E-state index in [9.17, 15) is 0 Å². The quantitative estimate of drug-likeness (QED) is 0.685. The minimum atomic E-state index is 0.126. The van der Waals surface area contributed by atoms with Crippen LogP contribution in [-0.2, 0) is 6.61 Å². The Morgan fingerprint density at radius 3 is 2.71 bits per heavy atom. The number of aromatic nitrogens is 3. The molecule has 2 aliphatic rings. The summed E-state index contributed by atoms with van der Waals surface area (Å²) in [5.41, 5.74) is 6.66. The number of nitrogens with one attached hydrogen (secondary N) is 1. The number of pyridine rings is 1. The molecular formula is C25H29N5O. The molecule has 3 aromatic rings. The van der Waals surface area contributed by atoms with Gasteiger partial charge in [-0.2, -0.15) is 15.2 Å². The van der Waals surface area contributed by atoms with Crippen molar-refractivity contribution in [1.82, 2.24) is 20.5 Å². The van der Waals surface area contributed by atoms with Crippen molar-refractivity contribution in [3.8, 4) is 28.1 Å². The lowest BCUT2D eigenvalue weighted by Gasteiger charge is -2.26. The predicted molar refractivity (Wildman–Crippen MR) is 123 cm³/mol. The molecule has 0 amide bonds. The van der Waals surface area contributed by atoms with E-state index in [1.165, 1.54) is 11.1 Å². The van der Waals surface area contributed by atoms with Crippen molar-refractivity contribution in [3.05, 3.63) is 53.9 Å². The van der Waals surface area contributed by atoms with Gasteiger partial charge in [-0.15, -0.1) is 0 Å². The molecule has 160 valence electrons. The van der Waals surface area contributed by atoms with Crippen LogP contribution in [0.3, 0.4) is 0 Å². The Kier molecular flexibility index (Phi) is 4.89. The summed E-state index contributed by atoms with van der Waals surface area (Å²) in [6, 6.07) is 13.3. The lowest BCUT2D eigenvalue weighted by Crippen LogP contribution is -2.44. The van der Waals surface area contributed by atoms with E-state index in [0.29, 0.717) is 12.6 Å². The molecular weight excluding hydrogens is 386 g/mol. The minimum absolute atomic E-state index is 0.126. The molecule has 6 nitrogen and oxygen atoms in total. The Morgan fingerprint density at radius 1 is 1.06 bits per heavy atom. The Bertz CT molecular complexity index is 1120. The first-order chi connectivity index (χ1) is 14.9. The van der Waals surface area contributed by atoms with Gasteiger partial charge < -0.3 is 15.0 Å². The molecule has 2 aliphatic heterocycles. The third-order valence-corrected chi connectivity index (χ3v) is 5.86. The molecule has 31 heavy (non-hydrogen) atoms. The van der Waals surface area contributed by atoms with Crippen LogP contribution in [0.1, 0.15) is 38.4 Å². The number of anilines is 1. The van der Waals surface area contributed by atoms with Crippen LogP contribution in [0.5, 0.6) is 5.88 Å². The van der Waals surface area contributed by atoms with Gasteiger partial charge in [-0.3, -0.25) is 0 Å². The lowest BCUT2D eigenvalue weighted by molar-refractivity contribution is 0.290. The summed E-state index contributed by atoms with van der Waals surface area (Å²) in [4.78, 5) is 7.23. The van der Waals surface area contributed by atoms with Gasteiger partial charge in [-0.05, 0) is 75.1 Å². The van der Waals surface area contributed by atoms with Crippen molar-refractivity contribution < 1.29 is 4.74 Å². The fourth-order valence-electron chi connectivity index (χ4n) is 4.55. The Hall–Kier alpha value is -2.99. The van der Waals surface area contributed by atoms with Gasteiger partial charge in [0.1, 0.15) is 12.4 Å². The molecule has 0 saturated carbocycles. The fourth-order valence-corrected chi connectivity index (χ4v) is 4.55. The highest BCUT2D eigenvalue weighted by molar-refractivity contribution is 5.78. The topological polar surface area (TPSA) is 63.2 Å². The number of nitrogens with zero attached hydrogens (tertiary/aromatic N) is 4. The normalized spacial score (nSPS) is 17.8. The van der Waals surface area contributed by atoms with Gasteiger partial charge in [0.25, 0.3) is 0 Å². The van der Waals surface area contributed by atoms with Gasteiger partial charge in [0.15, 0.2) is 0 Å². The van der Waals surface area contributed by atoms with E-state index in [1.54, 1.807) is 6.20 Å². The van der Waals surface area contributed by atoms with Crippen LogP contribution in [0.2, 0.25) is 0 Å². The largest absolute Gasteiger partial charge is 0.472 e. The molecule has 1 atom stereocenters. The number of aryl methyl sites for hydroxylation is 1. The molecule has 5 rings (SSSR count). The smallest absolute Gasteiger partial charge is 0.223 e.